The Kier molecular flexibility index (Phi) is 5.40. The zero-order chi connectivity index (χ0) is 10.6. The van der Waals surface area contributed by atoms with Gasteiger partial charge in [0.15, 0.2) is 5.78 Å². The van der Waals surface area contributed by atoms with Crippen molar-refractivity contribution in [2.24, 2.45) is 0 Å². The van der Waals surface area contributed by atoms with E-state index in [-0.39, 0.29) is 5.78 Å². The van der Waals surface area contributed by atoms with Crippen molar-refractivity contribution in [2.75, 3.05) is 5.75 Å². The smallest absolute Gasteiger partial charge is 0.249 e. The summed E-state index contributed by atoms with van der Waals surface area (Å²) in [5.74, 6) is 0.0133. The van der Waals surface area contributed by atoms with Crippen LogP contribution in [0.2, 0.25) is 0 Å². The van der Waals surface area contributed by atoms with E-state index in [1.807, 2.05) is 0 Å². The molecular formula is C9H13Cl3OS. The molecule has 0 N–H and O–H groups in total. The van der Waals surface area contributed by atoms with Crippen molar-refractivity contribution in [3.8, 4) is 0 Å². The molecule has 1 saturated carbocycles. The van der Waals surface area contributed by atoms with E-state index in [9.17, 15) is 4.79 Å². The van der Waals surface area contributed by atoms with Gasteiger partial charge >= 0.3 is 0 Å². The lowest BCUT2D eigenvalue weighted by molar-refractivity contribution is -0.115. The predicted octanol–water partition coefficient (Wildman–Crippen LogP) is 3.99. The van der Waals surface area contributed by atoms with Gasteiger partial charge in [-0.15, -0.1) is 0 Å². The molecular weight excluding hydrogens is 263 g/mol. The maximum Gasteiger partial charge on any atom is 0.249 e. The summed E-state index contributed by atoms with van der Waals surface area (Å²) >= 11 is 18.0. The van der Waals surface area contributed by atoms with Crippen LogP contribution < -0.4 is 0 Å². The minimum atomic E-state index is -1.73. The largest absolute Gasteiger partial charge is 0.294 e. The molecule has 0 bridgehead atoms. The third-order valence-corrected chi connectivity index (χ3v) is 4.32. The van der Waals surface area contributed by atoms with Gasteiger partial charge in [-0.1, -0.05) is 54.1 Å². The summed E-state index contributed by atoms with van der Waals surface area (Å²) in [4.78, 5) is 11.3. The summed E-state index contributed by atoms with van der Waals surface area (Å²) in [7, 11) is 0. The zero-order valence-electron chi connectivity index (χ0n) is 7.77. The summed E-state index contributed by atoms with van der Waals surface area (Å²) in [5.41, 5.74) is 0. The van der Waals surface area contributed by atoms with E-state index < -0.39 is 3.79 Å². The molecule has 1 rings (SSSR count). The first-order chi connectivity index (χ1) is 6.50. The van der Waals surface area contributed by atoms with Crippen LogP contribution in [-0.2, 0) is 4.79 Å². The van der Waals surface area contributed by atoms with E-state index in [1.165, 1.54) is 32.1 Å². The average molecular weight is 276 g/mol. The molecule has 0 radical (unpaired) electrons. The molecule has 0 aromatic rings. The van der Waals surface area contributed by atoms with Crippen LogP contribution in [-0.4, -0.2) is 20.6 Å². The SMILES string of the molecule is O=C(CSC1CCCCC1)C(Cl)(Cl)Cl. The van der Waals surface area contributed by atoms with Gasteiger partial charge in [-0.3, -0.25) is 4.79 Å². The van der Waals surface area contributed by atoms with E-state index in [1.54, 1.807) is 11.8 Å². The molecule has 1 aliphatic rings. The second kappa shape index (κ2) is 5.83. The Morgan fingerprint density at radius 1 is 1.21 bits per heavy atom. The number of hydrogen-bond donors (Lipinski definition) is 0. The zero-order valence-corrected chi connectivity index (χ0v) is 10.9. The van der Waals surface area contributed by atoms with Gasteiger partial charge in [0.2, 0.25) is 3.79 Å². The molecule has 5 heteroatoms. The summed E-state index contributed by atoms with van der Waals surface area (Å²) < 4.78 is -1.73. The first-order valence-electron chi connectivity index (χ1n) is 4.72. The first kappa shape index (κ1) is 13.0. The van der Waals surface area contributed by atoms with Gasteiger partial charge in [-0.25, -0.2) is 0 Å². The Labute approximate surface area is 104 Å². The monoisotopic (exact) mass is 274 g/mol. The van der Waals surface area contributed by atoms with Crippen LogP contribution in [0.25, 0.3) is 0 Å². The number of Topliss-reactive ketones (excluding diaryl/α,β-unsaturated/α-hetero) is 1. The Morgan fingerprint density at radius 3 is 2.29 bits per heavy atom. The van der Waals surface area contributed by atoms with Gasteiger partial charge in [0.25, 0.3) is 0 Å². The molecule has 0 aliphatic heterocycles. The fourth-order valence-electron chi connectivity index (χ4n) is 1.51. The van der Waals surface area contributed by atoms with Crippen molar-refractivity contribution in [3.05, 3.63) is 0 Å². The molecule has 1 fully saturated rings. The number of ketones is 1. The Hall–Kier alpha value is 0.890. The Bertz CT molecular complexity index is 197. The highest BCUT2D eigenvalue weighted by Gasteiger charge is 2.30. The number of thioether (sulfide) groups is 1. The second-order valence-electron chi connectivity index (χ2n) is 3.49. The van der Waals surface area contributed by atoms with E-state index in [4.69, 9.17) is 34.8 Å². The molecule has 0 heterocycles. The van der Waals surface area contributed by atoms with Crippen molar-refractivity contribution in [2.45, 2.75) is 41.1 Å². The molecule has 1 nitrogen and oxygen atoms in total. The highest BCUT2D eigenvalue weighted by molar-refractivity contribution is 8.00. The number of rotatable bonds is 3. The van der Waals surface area contributed by atoms with Crippen molar-refractivity contribution >= 4 is 52.3 Å². The van der Waals surface area contributed by atoms with Crippen molar-refractivity contribution in [1.82, 2.24) is 0 Å². The van der Waals surface area contributed by atoms with Crippen LogP contribution >= 0.6 is 46.6 Å². The maximum absolute atomic E-state index is 11.3. The number of carbonyl (C=O) groups excluding carboxylic acids is 1. The van der Waals surface area contributed by atoms with E-state index in [0.29, 0.717) is 11.0 Å². The third-order valence-electron chi connectivity index (χ3n) is 2.32. The van der Waals surface area contributed by atoms with E-state index >= 15 is 0 Å². The summed E-state index contributed by atoms with van der Waals surface area (Å²) in [5, 5.41) is 0.583. The lowest BCUT2D eigenvalue weighted by Crippen LogP contribution is -2.22. The lowest BCUT2D eigenvalue weighted by atomic mass is 10.0. The fraction of sp³-hybridized carbons (Fsp3) is 0.889. The van der Waals surface area contributed by atoms with Gasteiger partial charge in [-0.05, 0) is 12.8 Å². The highest BCUT2D eigenvalue weighted by atomic mass is 35.6. The maximum atomic E-state index is 11.3. The molecule has 0 spiro atoms. The van der Waals surface area contributed by atoms with Crippen LogP contribution in [0.5, 0.6) is 0 Å². The van der Waals surface area contributed by atoms with Crippen LogP contribution in [0.4, 0.5) is 0 Å². The standard InChI is InChI=1S/C9H13Cl3OS/c10-9(11,12)8(13)6-14-7-4-2-1-3-5-7/h7H,1-6H2. The molecule has 14 heavy (non-hydrogen) atoms. The van der Waals surface area contributed by atoms with E-state index in [0.717, 1.165) is 0 Å². The Morgan fingerprint density at radius 2 is 1.79 bits per heavy atom. The molecule has 82 valence electrons. The molecule has 0 unspecified atom stereocenters. The Balaban J connectivity index is 2.22. The molecule has 0 saturated heterocycles. The molecule has 0 aromatic carbocycles. The quantitative estimate of drug-likeness (QED) is 0.725. The summed E-state index contributed by atoms with van der Waals surface area (Å²) in [6, 6.07) is 0. The van der Waals surface area contributed by atoms with Gasteiger partial charge in [0.1, 0.15) is 0 Å². The minimum Gasteiger partial charge on any atom is -0.294 e. The predicted molar refractivity (Wildman–Crippen MR) is 64.6 cm³/mol. The topological polar surface area (TPSA) is 17.1 Å². The molecule has 0 atom stereocenters. The molecule has 0 amide bonds. The van der Waals surface area contributed by atoms with Gasteiger partial charge in [0, 0.05) is 5.25 Å². The van der Waals surface area contributed by atoms with Crippen molar-refractivity contribution in [1.29, 1.82) is 0 Å². The second-order valence-corrected chi connectivity index (χ2v) is 7.06. The van der Waals surface area contributed by atoms with Gasteiger partial charge < -0.3 is 0 Å². The number of halogens is 3. The van der Waals surface area contributed by atoms with Crippen LogP contribution in [0.1, 0.15) is 32.1 Å². The van der Waals surface area contributed by atoms with Crippen molar-refractivity contribution in [3.63, 3.8) is 0 Å². The number of hydrogen-bond acceptors (Lipinski definition) is 2. The van der Waals surface area contributed by atoms with Gasteiger partial charge in [-0.2, -0.15) is 11.8 Å². The van der Waals surface area contributed by atoms with Gasteiger partial charge in [0.05, 0.1) is 5.75 Å². The number of alkyl halides is 3. The van der Waals surface area contributed by atoms with Crippen molar-refractivity contribution < 1.29 is 4.79 Å². The fourth-order valence-corrected chi connectivity index (χ4v) is 3.22. The van der Waals surface area contributed by atoms with Crippen LogP contribution in [0.15, 0.2) is 0 Å². The molecule has 1 aliphatic carbocycles. The van der Waals surface area contributed by atoms with Crippen LogP contribution in [0, 0.1) is 0 Å². The number of carbonyl (C=O) groups is 1. The average Bonchev–Trinajstić information content (AvgIpc) is 2.14. The first-order valence-corrected chi connectivity index (χ1v) is 6.90. The van der Waals surface area contributed by atoms with Crippen LogP contribution in [0.3, 0.4) is 0 Å². The van der Waals surface area contributed by atoms with E-state index in [2.05, 4.69) is 0 Å². The normalized spacial score (nSPS) is 19.6. The minimum absolute atomic E-state index is 0.307. The summed E-state index contributed by atoms with van der Waals surface area (Å²) in [6.45, 7) is 0. The highest BCUT2D eigenvalue weighted by Crippen LogP contribution is 2.32. The molecule has 0 aromatic heterocycles. The third kappa shape index (κ3) is 4.61. The lowest BCUT2D eigenvalue weighted by Gasteiger charge is -2.21. The summed E-state index contributed by atoms with van der Waals surface area (Å²) in [6.07, 6.45) is 6.23.